The maximum Gasteiger partial charge on any atom is 0.274 e. The van der Waals surface area contributed by atoms with Gasteiger partial charge >= 0.3 is 0 Å². The lowest BCUT2D eigenvalue weighted by Crippen LogP contribution is -2.32. The number of hydrogen-bond acceptors (Lipinski definition) is 5. The van der Waals surface area contributed by atoms with E-state index in [0.29, 0.717) is 13.1 Å². The van der Waals surface area contributed by atoms with Gasteiger partial charge in [-0.05, 0) is 12.5 Å². The maximum absolute atomic E-state index is 12.3. The molecule has 2 aromatic rings. The van der Waals surface area contributed by atoms with Crippen LogP contribution in [0.25, 0.3) is 0 Å². The Labute approximate surface area is 114 Å². The van der Waals surface area contributed by atoms with Gasteiger partial charge in [0.15, 0.2) is 0 Å². The third-order valence-corrected chi connectivity index (χ3v) is 3.45. The van der Waals surface area contributed by atoms with Crippen LogP contribution in [0.3, 0.4) is 0 Å². The molecule has 0 N–H and O–H groups in total. The van der Waals surface area contributed by atoms with Gasteiger partial charge in [0.2, 0.25) is 0 Å². The molecule has 20 heavy (non-hydrogen) atoms. The minimum absolute atomic E-state index is 0.147. The van der Waals surface area contributed by atoms with Gasteiger partial charge in [-0.3, -0.25) is 9.59 Å². The van der Waals surface area contributed by atoms with Crippen molar-refractivity contribution in [3.63, 3.8) is 0 Å². The Bertz CT molecular complexity index is 678. The van der Waals surface area contributed by atoms with Crippen molar-refractivity contribution in [1.29, 1.82) is 0 Å². The lowest BCUT2D eigenvalue weighted by Gasteiger charge is -2.16. The molecule has 8 heteroatoms. The molecule has 1 unspecified atom stereocenters. The number of aryl methyl sites for hydroxylation is 1. The van der Waals surface area contributed by atoms with Crippen molar-refractivity contribution in [2.75, 3.05) is 13.1 Å². The third kappa shape index (κ3) is 2.20. The molecule has 3 rings (SSSR count). The zero-order chi connectivity index (χ0) is 14.1. The normalized spacial score (nSPS) is 18.4. The lowest BCUT2D eigenvalue weighted by atomic mass is 10.3. The standard InChI is InChI=1S/C12H14N6O2/c1-16-11(19)3-2-10(14-16)12(20)17-6-4-9(8-17)18-7-5-13-15-18/h2-3,5,7,9H,4,6,8H2,1H3. The summed E-state index contributed by atoms with van der Waals surface area (Å²) in [5.41, 5.74) is 0.0507. The predicted octanol–water partition coefficient (Wildman–Crippen LogP) is -0.541. The van der Waals surface area contributed by atoms with E-state index in [9.17, 15) is 9.59 Å². The number of carbonyl (C=O) groups is 1. The van der Waals surface area contributed by atoms with Crippen LogP contribution in [0.5, 0.6) is 0 Å². The first-order valence-corrected chi connectivity index (χ1v) is 6.34. The Balaban J connectivity index is 1.75. The summed E-state index contributed by atoms with van der Waals surface area (Å²) in [7, 11) is 1.53. The smallest absolute Gasteiger partial charge is 0.274 e. The molecule has 2 aromatic heterocycles. The van der Waals surface area contributed by atoms with Gasteiger partial charge in [0.1, 0.15) is 5.69 Å². The molecule has 0 aromatic carbocycles. The van der Waals surface area contributed by atoms with E-state index >= 15 is 0 Å². The van der Waals surface area contributed by atoms with Crippen molar-refractivity contribution in [2.45, 2.75) is 12.5 Å². The highest BCUT2D eigenvalue weighted by molar-refractivity contribution is 5.92. The monoisotopic (exact) mass is 274 g/mol. The Kier molecular flexibility index (Phi) is 3.05. The second-order valence-electron chi connectivity index (χ2n) is 4.76. The molecule has 0 bridgehead atoms. The Morgan fingerprint density at radius 3 is 2.95 bits per heavy atom. The van der Waals surface area contributed by atoms with Gasteiger partial charge in [0.05, 0.1) is 12.2 Å². The summed E-state index contributed by atoms with van der Waals surface area (Å²) in [6, 6.07) is 2.97. The number of aromatic nitrogens is 5. The number of nitrogens with zero attached hydrogens (tertiary/aromatic N) is 6. The summed E-state index contributed by atoms with van der Waals surface area (Å²) in [5, 5.41) is 11.7. The fourth-order valence-corrected chi connectivity index (χ4v) is 2.33. The van der Waals surface area contributed by atoms with E-state index in [1.807, 2.05) is 0 Å². The molecule has 8 nitrogen and oxygen atoms in total. The molecule has 3 heterocycles. The second kappa shape index (κ2) is 4.87. The number of likely N-dealkylation sites (tertiary alicyclic amines) is 1. The van der Waals surface area contributed by atoms with Gasteiger partial charge in [-0.1, -0.05) is 5.21 Å². The van der Waals surface area contributed by atoms with Crippen LogP contribution >= 0.6 is 0 Å². The fourth-order valence-electron chi connectivity index (χ4n) is 2.33. The Morgan fingerprint density at radius 2 is 2.25 bits per heavy atom. The summed E-state index contributed by atoms with van der Waals surface area (Å²) >= 11 is 0. The Hall–Kier alpha value is -2.51. The van der Waals surface area contributed by atoms with Gasteiger partial charge in [-0.2, -0.15) is 5.10 Å². The summed E-state index contributed by atoms with van der Waals surface area (Å²) in [6.07, 6.45) is 4.25. The first-order valence-electron chi connectivity index (χ1n) is 6.34. The van der Waals surface area contributed by atoms with E-state index in [2.05, 4.69) is 15.4 Å². The van der Waals surface area contributed by atoms with Crippen molar-refractivity contribution >= 4 is 5.91 Å². The molecule has 104 valence electrons. The number of hydrogen-bond donors (Lipinski definition) is 0. The molecule has 1 aliphatic heterocycles. The Morgan fingerprint density at radius 1 is 1.40 bits per heavy atom. The van der Waals surface area contributed by atoms with E-state index in [-0.39, 0.29) is 23.2 Å². The van der Waals surface area contributed by atoms with Crippen molar-refractivity contribution < 1.29 is 4.79 Å². The predicted molar refractivity (Wildman–Crippen MR) is 69.1 cm³/mol. The van der Waals surface area contributed by atoms with Crippen LogP contribution in [0.1, 0.15) is 23.0 Å². The second-order valence-corrected chi connectivity index (χ2v) is 4.76. The molecule has 0 spiro atoms. The van der Waals surface area contributed by atoms with Crippen LogP contribution < -0.4 is 5.56 Å². The number of rotatable bonds is 2. The molecule has 0 saturated carbocycles. The van der Waals surface area contributed by atoms with E-state index in [0.717, 1.165) is 11.1 Å². The molecule has 1 amide bonds. The average molecular weight is 274 g/mol. The first kappa shape index (κ1) is 12.5. The molecular formula is C12H14N6O2. The highest BCUT2D eigenvalue weighted by Crippen LogP contribution is 2.21. The maximum atomic E-state index is 12.3. The molecule has 1 fully saturated rings. The van der Waals surface area contributed by atoms with Crippen LogP contribution in [-0.4, -0.2) is 48.7 Å². The number of amides is 1. The molecule has 1 saturated heterocycles. The van der Waals surface area contributed by atoms with E-state index in [1.165, 1.54) is 19.2 Å². The van der Waals surface area contributed by atoms with Crippen molar-refractivity contribution in [1.82, 2.24) is 29.7 Å². The zero-order valence-corrected chi connectivity index (χ0v) is 11.0. The lowest BCUT2D eigenvalue weighted by molar-refractivity contribution is 0.0778. The van der Waals surface area contributed by atoms with Crippen LogP contribution in [0.2, 0.25) is 0 Å². The van der Waals surface area contributed by atoms with E-state index < -0.39 is 0 Å². The van der Waals surface area contributed by atoms with Gasteiger partial charge in [-0.25, -0.2) is 9.36 Å². The third-order valence-electron chi connectivity index (χ3n) is 3.45. The van der Waals surface area contributed by atoms with Gasteiger partial charge in [0.25, 0.3) is 11.5 Å². The quantitative estimate of drug-likeness (QED) is 0.734. The number of carbonyl (C=O) groups excluding carboxylic acids is 1. The van der Waals surface area contributed by atoms with Crippen molar-refractivity contribution in [3.05, 3.63) is 40.6 Å². The zero-order valence-electron chi connectivity index (χ0n) is 11.0. The van der Waals surface area contributed by atoms with E-state index in [4.69, 9.17) is 0 Å². The summed E-state index contributed by atoms with van der Waals surface area (Å²) < 4.78 is 2.93. The highest BCUT2D eigenvalue weighted by Gasteiger charge is 2.29. The summed E-state index contributed by atoms with van der Waals surface area (Å²) in [5.74, 6) is -0.164. The molecule has 1 atom stereocenters. The van der Waals surface area contributed by atoms with Crippen LogP contribution in [0.4, 0.5) is 0 Å². The molecule has 0 radical (unpaired) electrons. The van der Waals surface area contributed by atoms with Crippen LogP contribution in [0, 0.1) is 0 Å². The van der Waals surface area contributed by atoms with Gasteiger partial charge in [-0.15, -0.1) is 5.10 Å². The molecule has 0 aliphatic carbocycles. The minimum Gasteiger partial charge on any atom is -0.335 e. The largest absolute Gasteiger partial charge is 0.335 e. The fraction of sp³-hybridized carbons (Fsp3) is 0.417. The average Bonchev–Trinajstić information content (AvgIpc) is 3.11. The van der Waals surface area contributed by atoms with E-state index in [1.54, 1.807) is 22.0 Å². The minimum atomic E-state index is -0.233. The molecular weight excluding hydrogens is 260 g/mol. The first-order chi connectivity index (χ1) is 9.65. The summed E-state index contributed by atoms with van der Waals surface area (Å²) in [6.45, 7) is 1.22. The highest BCUT2D eigenvalue weighted by atomic mass is 16.2. The van der Waals surface area contributed by atoms with Gasteiger partial charge in [0, 0.05) is 32.4 Å². The molecule has 1 aliphatic rings. The van der Waals surface area contributed by atoms with Gasteiger partial charge < -0.3 is 4.90 Å². The SMILES string of the molecule is Cn1nc(C(=O)N2CCC(n3ccnn3)C2)ccc1=O. The topological polar surface area (TPSA) is 85.9 Å². The summed E-state index contributed by atoms with van der Waals surface area (Å²) in [4.78, 5) is 25.3. The van der Waals surface area contributed by atoms with Crippen molar-refractivity contribution in [3.8, 4) is 0 Å². The van der Waals surface area contributed by atoms with Crippen LogP contribution in [-0.2, 0) is 7.05 Å². The van der Waals surface area contributed by atoms with Crippen LogP contribution in [0.15, 0.2) is 29.3 Å². The van der Waals surface area contributed by atoms with Crippen molar-refractivity contribution in [2.24, 2.45) is 7.05 Å².